The van der Waals surface area contributed by atoms with Crippen LogP contribution in [0.3, 0.4) is 0 Å². The van der Waals surface area contributed by atoms with E-state index in [0.29, 0.717) is 12.0 Å². The van der Waals surface area contributed by atoms with Crippen molar-refractivity contribution >= 4 is 5.69 Å². The van der Waals surface area contributed by atoms with Crippen molar-refractivity contribution in [3.05, 3.63) is 48.3 Å². The summed E-state index contributed by atoms with van der Waals surface area (Å²) >= 11 is 0. The zero-order valence-electron chi connectivity index (χ0n) is 12.5. The molecule has 0 amide bonds. The second-order valence-electron chi connectivity index (χ2n) is 5.86. The van der Waals surface area contributed by atoms with Gasteiger partial charge in [-0.25, -0.2) is 0 Å². The van der Waals surface area contributed by atoms with Crippen molar-refractivity contribution in [2.24, 2.45) is 5.92 Å². The SMILES string of the molecule is C[C@@H]1C[C@@H](CNc2cccc(Cn3cccn3)c2)CCO1. The summed E-state index contributed by atoms with van der Waals surface area (Å²) in [4.78, 5) is 0. The van der Waals surface area contributed by atoms with Gasteiger partial charge in [-0.2, -0.15) is 5.10 Å². The predicted octanol–water partition coefficient (Wildman–Crippen LogP) is 3.16. The molecular weight excluding hydrogens is 262 g/mol. The molecule has 3 rings (SSSR count). The van der Waals surface area contributed by atoms with Crippen LogP contribution < -0.4 is 5.32 Å². The van der Waals surface area contributed by atoms with Crippen molar-refractivity contribution in [3.63, 3.8) is 0 Å². The van der Waals surface area contributed by atoms with Gasteiger partial charge in [-0.05, 0) is 49.4 Å². The maximum Gasteiger partial charge on any atom is 0.0660 e. The third-order valence-electron chi connectivity index (χ3n) is 4.02. The first-order valence-electron chi connectivity index (χ1n) is 7.71. The van der Waals surface area contributed by atoms with E-state index >= 15 is 0 Å². The highest BCUT2D eigenvalue weighted by molar-refractivity contribution is 5.45. The van der Waals surface area contributed by atoms with Gasteiger partial charge in [0.05, 0.1) is 12.6 Å². The molecule has 0 spiro atoms. The lowest BCUT2D eigenvalue weighted by molar-refractivity contribution is 0.00558. The molecule has 0 unspecified atom stereocenters. The number of nitrogens with one attached hydrogen (secondary N) is 1. The van der Waals surface area contributed by atoms with E-state index in [1.165, 1.54) is 11.3 Å². The Morgan fingerprint density at radius 3 is 3.14 bits per heavy atom. The molecule has 112 valence electrons. The van der Waals surface area contributed by atoms with Crippen molar-refractivity contribution in [2.75, 3.05) is 18.5 Å². The highest BCUT2D eigenvalue weighted by Crippen LogP contribution is 2.21. The molecule has 1 aromatic carbocycles. The summed E-state index contributed by atoms with van der Waals surface area (Å²) in [6.07, 6.45) is 6.51. The lowest BCUT2D eigenvalue weighted by atomic mass is 9.96. The van der Waals surface area contributed by atoms with E-state index in [1.54, 1.807) is 0 Å². The number of rotatable bonds is 5. The summed E-state index contributed by atoms with van der Waals surface area (Å²) in [5.74, 6) is 0.712. The van der Waals surface area contributed by atoms with Gasteiger partial charge in [0.25, 0.3) is 0 Å². The van der Waals surface area contributed by atoms with E-state index in [2.05, 4.69) is 41.6 Å². The average Bonchev–Trinajstić information content (AvgIpc) is 2.99. The molecular formula is C17H23N3O. The Hall–Kier alpha value is -1.81. The van der Waals surface area contributed by atoms with Crippen molar-refractivity contribution < 1.29 is 4.74 Å². The van der Waals surface area contributed by atoms with E-state index in [4.69, 9.17) is 4.74 Å². The molecule has 0 radical (unpaired) electrons. The van der Waals surface area contributed by atoms with Gasteiger partial charge in [-0.3, -0.25) is 4.68 Å². The Bertz CT molecular complexity index is 553. The highest BCUT2D eigenvalue weighted by atomic mass is 16.5. The van der Waals surface area contributed by atoms with Crippen LogP contribution in [-0.2, 0) is 11.3 Å². The quantitative estimate of drug-likeness (QED) is 0.917. The lowest BCUT2D eigenvalue weighted by Crippen LogP contribution is -2.27. The van der Waals surface area contributed by atoms with Gasteiger partial charge in [0, 0.05) is 31.2 Å². The summed E-state index contributed by atoms with van der Waals surface area (Å²) in [7, 11) is 0. The minimum atomic E-state index is 0.400. The molecule has 1 aliphatic heterocycles. The van der Waals surface area contributed by atoms with Crippen LogP contribution in [-0.4, -0.2) is 29.0 Å². The molecule has 4 heteroatoms. The first-order chi connectivity index (χ1) is 10.3. The molecule has 2 atom stereocenters. The van der Waals surface area contributed by atoms with E-state index in [1.807, 2.05) is 23.1 Å². The van der Waals surface area contributed by atoms with Crippen LogP contribution >= 0.6 is 0 Å². The third-order valence-corrected chi connectivity index (χ3v) is 4.02. The van der Waals surface area contributed by atoms with Gasteiger partial charge in [0.15, 0.2) is 0 Å². The van der Waals surface area contributed by atoms with Crippen LogP contribution in [0.15, 0.2) is 42.7 Å². The summed E-state index contributed by atoms with van der Waals surface area (Å²) in [5, 5.41) is 7.82. The number of benzene rings is 1. The third kappa shape index (κ3) is 4.08. The fraction of sp³-hybridized carbons (Fsp3) is 0.471. The number of ether oxygens (including phenoxy) is 1. The molecule has 0 saturated carbocycles. The second kappa shape index (κ2) is 6.76. The molecule has 1 aliphatic rings. The molecule has 21 heavy (non-hydrogen) atoms. The van der Waals surface area contributed by atoms with E-state index < -0.39 is 0 Å². The fourth-order valence-corrected chi connectivity index (χ4v) is 2.90. The van der Waals surface area contributed by atoms with Crippen molar-refractivity contribution in [1.29, 1.82) is 0 Å². The number of hydrogen-bond donors (Lipinski definition) is 1. The summed E-state index contributed by atoms with van der Waals surface area (Å²) in [6, 6.07) is 10.5. The lowest BCUT2D eigenvalue weighted by Gasteiger charge is -2.27. The van der Waals surface area contributed by atoms with Crippen LogP contribution in [0.1, 0.15) is 25.3 Å². The minimum Gasteiger partial charge on any atom is -0.385 e. The Morgan fingerprint density at radius 1 is 1.38 bits per heavy atom. The number of nitrogens with zero attached hydrogens (tertiary/aromatic N) is 2. The zero-order valence-corrected chi connectivity index (χ0v) is 12.5. The summed E-state index contributed by atoms with van der Waals surface area (Å²) in [6.45, 7) is 4.90. The first-order valence-corrected chi connectivity index (χ1v) is 7.71. The van der Waals surface area contributed by atoms with Gasteiger partial charge < -0.3 is 10.1 Å². The van der Waals surface area contributed by atoms with Gasteiger partial charge in [0.2, 0.25) is 0 Å². The maximum atomic E-state index is 5.60. The van der Waals surface area contributed by atoms with Crippen LogP contribution in [0.5, 0.6) is 0 Å². The molecule has 2 heterocycles. The van der Waals surface area contributed by atoms with Crippen molar-refractivity contribution in [1.82, 2.24) is 9.78 Å². The van der Waals surface area contributed by atoms with Gasteiger partial charge in [-0.15, -0.1) is 0 Å². The highest BCUT2D eigenvalue weighted by Gasteiger charge is 2.18. The molecule has 1 fully saturated rings. The fourth-order valence-electron chi connectivity index (χ4n) is 2.90. The zero-order chi connectivity index (χ0) is 14.5. The summed E-state index contributed by atoms with van der Waals surface area (Å²) < 4.78 is 7.54. The van der Waals surface area contributed by atoms with Gasteiger partial charge in [0.1, 0.15) is 0 Å². The number of anilines is 1. The Balaban J connectivity index is 1.55. The topological polar surface area (TPSA) is 39.1 Å². The van der Waals surface area contributed by atoms with Crippen LogP contribution in [0.2, 0.25) is 0 Å². The molecule has 4 nitrogen and oxygen atoms in total. The van der Waals surface area contributed by atoms with Crippen LogP contribution in [0, 0.1) is 5.92 Å². The summed E-state index contributed by atoms with van der Waals surface area (Å²) in [5.41, 5.74) is 2.46. The molecule has 0 aliphatic carbocycles. The first kappa shape index (κ1) is 14.1. The Labute approximate surface area is 126 Å². The number of aromatic nitrogens is 2. The van der Waals surface area contributed by atoms with Gasteiger partial charge in [-0.1, -0.05) is 12.1 Å². The standard InChI is InChI=1S/C17H23N3O/c1-14-10-15(6-9-21-14)12-18-17-5-2-4-16(11-17)13-20-8-3-7-19-20/h2-5,7-8,11,14-15,18H,6,9-10,12-13H2,1H3/t14-,15+/m1/s1. The van der Waals surface area contributed by atoms with Crippen molar-refractivity contribution in [3.8, 4) is 0 Å². The molecule has 1 aromatic heterocycles. The second-order valence-corrected chi connectivity index (χ2v) is 5.86. The smallest absolute Gasteiger partial charge is 0.0660 e. The molecule has 1 saturated heterocycles. The van der Waals surface area contributed by atoms with Gasteiger partial charge >= 0.3 is 0 Å². The maximum absolute atomic E-state index is 5.60. The normalized spacial score (nSPS) is 22.1. The van der Waals surface area contributed by atoms with Crippen molar-refractivity contribution in [2.45, 2.75) is 32.4 Å². The molecule has 2 aromatic rings. The van der Waals surface area contributed by atoms with Crippen LogP contribution in [0.25, 0.3) is 0 Å². The van der Waals surface area contributed by atoms with E-state index in [0.717, 1.165) is 32.5 Å². The van der Waals surface area contributed by atoms with E-state index in [9.17, 15) is 0 Å². The van der Waals surface area contributed by atoms with E-state index in [-0.39, 0.29) is 0 Å². The molecule has 0 bridgehead atoms. The van der Waals surface area contributed by atoms with Crippen LogP contribution in [0.4, 0.5) is 5.69 Å². The Morgan fingerprint density at radius 2 is 2.33 bits per heavy atom. The minimum absolute atomic E-state index is 0.400. The number of hydrogen-bond acceptors (Lipinski definition) is 3. The average molecular weight is 285 g/mol. The predicted molar refractivity (Wildman–Crippen MR) is 84.4 cm³/mol. The Kier molecular flexibility index (Phi) is 4.55. The largest absolute Gasteiger partial charge is 0.385 e. The molecule has 1 N–H and O–H groups in total. The monoisotopic (exact) mass is 285 g/mol.